The molecule has 5 heteroatoms. The first-order valence-corrected chi connectivity index (χ1v) is 8.49. The summed E-state index contributed by atoms with van der Waals surface area (Å²) >= 11 is 0. The number of benzene rings is 1. The van der Waals surface area contributed by atoms with Gasteiger partial charge >= 0.3 is 0 Å². The molecule has 0 spiro atoms. The van der Waals surface area contributed by atoms with E-state index in [-0.39, 0.29) is 24.0 Å². The molecule has 1 N–H and O–H groups in total. The third-order valence-corrected chi connectivity index (χ3v) is 5.15. The average Bonchev–Trinajstić information content (AvgIpc) is 2.57. The van der Waals surface area contributed by atoms with Crippen molar-refractivity contribution in [3.05, 3.63) is 35.9 Å². The number of halogens is 1. The van der Waals surface area contributed by atoms with Gasteiger partial charge in [0.2, 0.25) is 0 Å². The predicted octanol–water partition coefficient (Wildman–Crippen LogP) is 2.80. The average molecular weight is 428 g/mol. The van der Waals surface area contributed by atoms with Gasteiger partial charge in [-0.1, -0.05) is 30.3 Å². The molecule has 2 atom stereocenters. The summed E-state index contributed by atoms with van der Waals surface area (Å²) in [6.45, 7) is 4.60. The summed E-state index contributed by atoms with van der Waals surface area (Å²) in [5.41, 5.74) is 1.44. The minimum atomic E-state index is 0. The van der Waals surface area contributed by atoms with E-state index in [1.165, 1.54) is 31.4 Å². The van der Waals surface area contributed by atoms with Gasteiger partial charge in [0.1, 0.15) is 0 Å². The lowest BCUT2D eigenvalue weighted by Crippen LogP contribution is -2.56. The summed E-state index contributed by atoms with van der Waals surface area (Å²) in [5.74, 6) is 1.81. The first-order valence-electron chi connectivity index (χ1n) is 8.49. The van der Waals surface area contributed by atoms with Gasteiger partial charge in [-0.3, -0.25) is 9.89 Å². The Kier molecular flexibility index (Phi) is 7.14. The zero-order valence-corrected chi connectivity index (χ0v) is 16.6. The van der Waals surface area contributed by atoms with E-state index in [1.54, 1.807) is 0 Å². The molecule has 3 rings (SSSR count). The third-order valence-electron chi connectivity index (χ3n) is 5.15. The van der Waals surface area contributed by atoms with Gasteiger partial charge in [0.15, 0.2) is 5.96 Å². The molecule has 0 bridgehead atoms. The van der Waals surface area contributed by atoms with Crippen LogP contribution < -0.4 is 5.32 Å². The molecule has 0 amide bonds. The van der Waals surface area contributed by atoms with Crippen LogP contribution in [0, 0.1) is 5.92 Å². The summed E-state index contributed by atoms with van der Waals surface area (Å²) in [6, 6.07) is 11.6. The molecular formula is C18H29IN4. The molecule has 0 aliphatic carbocycles. The van der Waals surface area contributed by atoms with Gasteiger partial charge in [-0.15, -0.1) is 24.0 Å². The maximum absolute atomic E-state index is 4.37. The van der Waals surface area contributed by atoms with Crippen LogP contribution in [0.15, 0.2) is 35.3 Å². The minimum absolute atomic E-state index is 0. The van der Waals surface area contributed by atoms with Crippen LogP contribution in [0.25, 0.3) is 0 Å². The van der Waals surface area contributed by atoms with Crippen molar-refractivity contribution in [2.24, 2.45) is 10.9 Å². The van der Waals surface area contributed by atoms with E-state index in [2.05, 4.69) is 50.4 Å². The summed E-state index contributed by atoms with van der Waals surface area (Å²) in [6.07, 6.45) is 3.92. The lowest BCUT2D eigenvalue weighted by molar-refractivity contribution is 0.0374. The van der Waals surface area contributed by atoms with E-state index in [4.69, 9.17) is 0 Å². The second-order valence-corrected chi connectivity index (χ2v) is 6.46. The Morgan fingerprint density at radius 3 is 2.70 bits per heavy atom. The Bertz CT molecular complexity index is 505. The van der Waals surface area contributed by atoms with Crippen molar-refractivity contribution >= 4 is 29.9 Å². The van der Waals surface area contributed by atoms with Crippen LogP contribution in [0.5, 0.6) is 0 Å². The highest BCUT2D eigenvalue weighted by Crippen LogP contribution is 2.31. The largest absolute Gasteiger partial charge is 0.359 e. The fraction of sp³-hybridized carbons (Fsp3) is 0.611. The van der Waals surface area contributed by atoms with Gasteiger partial charge < -0.3 is 10.2 Å². The van der Waals surface area contributed by atoms with E-state index in [9.17, 15) is 0 Å². The molecule has 2 fully saturated rings. The molecule has 23 heavy (non-hydrogen) atoms. The molecule has 2 heterocycles. The number of guanidine groups is 1. The Balaban J connectivity index is 0.00000192. The predicted molar refractivity (Wildman–Crippen MR) is 107 cm³/mol. The highest BCUT2D eigenvalue weighted by molar-refractivity contribution is 14.0. The number of rotatable bonds is 2. The quantitative estimate of drug-likeness (QED) is 0.447. The Labute approximate surface area is 157 Å². The molecule has 128 valence electrons. The van der Waals surface area contributed by atoms with Gasteiger partial charge in [0.05, 0.1) is 0 Å². The number of hydrogen-bond donors (Lipinski definition) is 1. The molecule has 0 saturated carbocycles. The molecule has 4 nitrogen and oxygen atoms in total. The molecule has 1 aromatic carbocycles. The maximum atomic E-state index is 4.37. The summed E-state index contributed by atoms with van der Waals surface area (Å²) < 4.78 is 0. The van der Waals surface area contributed by atoms with Crippen molar-refractivity contribution in [2.45, 2.75) is 31.8 Å². The van der Waals surface area contributed by atoms with E-state index >= 15 is 0 Å². The van der Waals surface area contributed by atoms with E-state index < -0.39 is 0 Å². The van der Waals surface area contributed by atoms with Gasteiger partial charge in [0.25, 0.3) is 0 Å². The number of piperidine rings is 2. The number of aliphatic imine (C=N–C) groups is 1. The molecule has 0 aromatic heterocycles. The van der Waals surface area contributed by atoms with Gasteiger partial charge in [-0.2, -0.15) is 0 Å². The van der Waals surface area contributed by atoms with Gasteiger partial charge in [0, 0.05) is 39.8 Å². The van der Waals surface area contributed by atoms with Crippen molar-refractivity contribution in [2.75, 3.05) is 33.7 Å². The van der Waals surface area contributed by atoms with Crippen LogP contribution in [0.4, 0.5) is 0 Å². The zero-order chi connectivity index (χ0) is 15.4. The lowest BCUT2D eigenvalue weighted by Gasteiger charge is -2.48. The van der Waals surface area contributed by atoms with E-state index in [0.717, 1.165) is 37.6 Å². The molecule has 2 aliphatic rings. The summed E-state index contributed by atoms with van der Waals surface area (Å²) in [7, 11) is 3.84. The minimum Gasteiger partial charge on any atom is -0.359 e. The molecule has 2 saturated heterocycles. The normalized spacial score (nSPS) is 25.5. The van der Waals surface area contributed by atoms with Crippen molar-refractivity contribution < 1.29 is 0 Å². The smallest absolute Gasteiger partial charge is 0.193 e. The number of fused-ring (bicyclic) bond motifs is 1. The molecule has 1 aromatic rings. The second kappa shape index (κ2) is 8.87. The first-order chi connectivity index (χ1) is 10.8. The topological polar surface area (TPSA) is 30.9 Å². The summed E-state index contributed by atoms with van der Waals surface area (Å²) in [5, 5.41) is 3.23. The number of likely N-dealkylation sites (tertiary alicyclic amines) is 2. The fourth-order valence-corrected chi connectivity index (χ4v) is 4.12. The third kappa shape index (κ3) is 4.38. The van der Waals surface area contributed by atoms with Gasteiger partial charge in [-0.25, -0.2) is 0 Å². The van der Waals surface area contributed by atoms with Crippen molar-refractivity contribution in [1.29, 1.82) is 0 Å². The van der Waals surface area contributed by atoms with E-state index in [1.807, 2.05) is 14.1 Å². The highest BCUT2D eigenvalue weighted by Gasteiger charge is 2.36. The molecule has 2 aliphatic heterocycles. The van der Waals surface area contributed by atoms with Crippen LogP contribution in [0.1, 0.15) is 24.8 Å². The standard InChI is InChI=1S/C18H28N4.HI/c1-19-18(20-2)22-12-10-17-16(14-22)9-6-11-21(17)13-15-7-4-3-5-8-15;/h3-5,7-8,16-17H,6,9-14H2,1-2H3,(H,19,20);1H. The highest BCUT2D eigenvalue weighted by atomic mass is 127. The maximum Gasteiger partial charge on any atom is 0.193 e. The number of hydrogen-bond acceptors (Lipinski definition) is 2. The zero-order valence-electron chi connectivity index (χ0n) is 14.2. The monoisotopic (exact) mass is 428 g/mol. The Morgan fingerprint density at radius 2 is 2.00 bits per heavy atom. The fourth-order valence-electron chi connectivity index (χ4n) is 4.12. The van der Waals surface area contributed by atoms with Crippen molar-refractivity contribution in [3.8, 4) is 0 Å². The van der Waals surface area contributed by atoms with Crippen LogP contribution in [-0.4, -0.2) is 55.5 Å². The summed E-state index contributed by atoms with van der Waals surface area (Å²) in [4.78, 5) is 9.51. The van der Waals surface area contributed by atoms with Crippen LogP contribution in [0.3, 0.4) is 0 Å². The van der Waals surface area contributed by atoms with Crippen molar-refractivity contribution in [1.82, 2.24) is 15.1 Å². The lowest BCUT2D eigenvalue weighted by atomic mass is 9.83. The SMILES string of the molecule is CN=C(NC)N1CCC2C(CCCN2Cc2ccccc2)C1.I. The van der Waals surface area contributed by atoms with E-state index in [0.29, 0.717) is 0 Å². The molecular weight excluding hydrogens is 399 g/mol. The van der Waals surface area contributed by atoms with Crippen LogP contribution in [0.2, 0.25) is 0 Å². The first kappa shape index (κ1) is 18.5. The Hall–Kier alpha value is -0.820. The van der Waals surface area contributed by atoms with Crippen LogP contribution in [-0.2, 0) is 6.54 Å². The van der Waals surface area contributed by atoms with Gasteiger partial charge in [-0.05, 0) is 37.3 Å². The molecule has 2 unspecified atom stereocenters. The number of nitrogens with zero attached hydrogens (tertiary/aromatic N) is 3. The Morgan fingerprint density at radius 1 is 1.22 bits per heavy atom. The van der Waals surface area contributed by atoms with Crippen molar-refractivity contribution in [3.63, 3.8) is 0 Å². The second-order valence-electron chi connectivity index (χ2n) is 6.46. The van der Waals surface area contributed by atoms with Crippen LogP contribution >= 0.6 is 24.0 Å². The molecule has 0 radical (unpaired) electrons. The number of nitrogens with one attached hydrogen (secondary N) is 1.